The van der Waals surface area contributed by atoms with Crippen molar-refractivity contribution in [3.63, 3.8) is 0 Å². The van der Waals surface area contributed by atoms with E-state index >= 15 is 0 Å². The van der Waals surface area contributed by atoms with Crippen molar-refractivity contribution in [1.29, 1.82) is 0 Å². The van der Waals surface area contributed by atoms with Crippen LogP contribution in [0.2, 0.25) is 0 Å². The van der Waals surface area contributed by atoms with E-state index in [2.05, 4.69) is 0 Å². The summed E-state index contributed by atoms with van der Waals surface area (Å²) in [4.78, 5) is 23.0. The Balaban J connectivity index is 2.57. The van der Waals surface area contributed by atoms with Gasteiger partial charge in [0.15, 0.2) is 17.7 Å². The Labute approximate surface area is 75.3 Å². The molecular formula is C10H8O3. The Bertz CT molecular complexity index is 347. The molecule has 13 heavy (non-hydrogen) atoms. The summed E-state index contributed by atoms with van der Waals surface area (Å²) >= 11 is 0. The van der Waals surface area contributed by atoms with E-state index in [1.807, 2.05) is 0 Å². The highest BCUT2D eigenvalue weighted by Crippen LogP contribution is 2.23. The number of Topliss-reactive ketones (excluding diaryl/α,β-unsaturated/α-hetero) is 2. The smallest absolute Gasteiger partial charge is 0.200 e. The second-order valence-corrected chi connectivity index (χ2v) is 2.89. The molecule has 0 aromatic heterocycles. The standard InChI is InChI=1S/C10H8O3/c1-13-10-8(11)6-4-2-3-5-7(6)9(10)12/h2-5,10H,1H3. The maximum absolute atomic E-state index is 11.5. The minimum atomic E-state index is -0.919. The van der Waals surface area contributed by atoms with Crippen molar-refractivity contribution < 1.29 is 14.3 Å². The largest absolute Gasteiger partial charge is 0.365 e. The maximum Gasteiger partial charge on any atom is 0.200 e. The van der Waals surface area contributed by atoms with Crippen LogP contribution >= 0.6 is 0 Å². The number of benzene rings is 1. The molecule has 0 radical (unpaired) electrons. The van der Waals surface area contributed by atoms with Gasteiger partial charge in [0.25, 0.3) is 0 Å². The molecule has 66 valence electrons. The molecule has 0 unspecified atom stereocenters. The Morgan fingerprint density at radius 3 is 1.92 bits per heavy atom. The number of carbonyl (C=O) groups is 2. The molecule has 1 aromatic carbocycles. The van der Waals surface area contributed by atoms with Crippen molar-refractivity contribution in [3.8, 4) is 0 Å². The van der Waals surface area contributed by atoms with Crippen LogP contribution < -0.4 is 0 Å². The number of hydrogen-bond acceptors (Lipinski definition) is 3. The highest BCUT2D eigenvalue weighted by atomic mass is 16.5. The lowest BCUT2D eigenvalue weighted by molar-refractivity contribution is 0.0549. The Hall–Kier alpha value is -1.48. The van der Waals surface area contributed by atoms with Crippen molar-refractivity contribution in [2.45, 2.75) is 6.10 Å². The minimum Gasteiger partial charge on any atom is -0.365 e. The molecule has 2 rings (SSSR count). The Morgan fingerprint density at radius 2 is 1.54 bits per heavy atom. The van der Waals surface area contributed by atoms with E-state index in [0.29, 0.717) is 11.1 Å². The predicted molar refractivity (Wildman–Crippen MR) is 45.9 cm³/mol. The van der Waals surface area contributed by atoms with Crippen LogP contribution in [0, 0.1) is 0 Å². The van der Waals surface area contributed by atoms with Gasteiger partial charge < -0.3 is 4.74 Å². The number of carbonyl (C=O) groups excluding carboxylic acids is 2. The van der Waals surface area contributed by atoms with Crippen molar-refractivity contribution >= 4 is 11.6 Å². The summed E-state index contributed by atoms with van der Waals surface area (Å²) in [7, 11) is 1.37. The summed E-state index contributed by atoms with van der Waals surface area (Å²) in [5.41, 5.74) is 0.943. The normalized spacial score (nSPS) is 16.4. The van der Waals surface area contributed by atoms with Gasteiger partial charge in [-0.3, -0.25) is 9.59 Å². The van der Waals surface area contributed by atoms with Crippen LogP contribution in [-0.2, 0) is 4.74 Å². The first-order valence-electron chi connectivity index (χ1n) is 3.96. The number of ketones is 2. The van der Waals surface area contributed by atoms with Gasteiger partial charge in [-0.1, -0.05) is 24.3 Å². The van der Waals surface area contributed by atoms with Crippen molar-refractivity contribution in [1.82, 2.24) is 0 Å². The molecule has 1 aliphatic rings. The molecule has 0 spiro atoms. The topological polar surface area (TPSA) is 43.4 Å². The van der Waals surface area contributed by atoms with Crippen LogP contribution in [0.4, 0.5) is 0 Å². The molecule has 0 N–H and O–H groups in total. The molecule has 1 aromatic rings. The van der Waals surface area contributed by atoms with Crippen LogP contribution in [0.1, 0.15) is 20.7 Å². The highest BCUT2D eigenvalue weighted by Gasteiger charge is 2.38. The zero-order chi connectivity index (χ0) is 9.42. The van der Waals surface area contributed by atoms with Gasteiger partial charge in [-0.15, -0.1) is 0 Å². The van der Waals surface area contributed by atoms with E-state index in [4.69, 9.17) is 4.74 Å². The number of rotatable bonds is 1. The summed E-state index contributed by atoms with van der Waals surface area (Å²) in [6, 6.07) is 6.77. The lowest BCUT2D eigenvalue weighted by Gasteiger charge is -2.01. The number of methoxy groups -OCH3 is 1. The molecular weight excluding hydrogens is 168 g/mol. The molecule has 0 aliphatic heterocycles. The fourth-order valence-electron chi connectivity index (χ4n) is 1.53. The Kier molecular flexibility index (Phi) is 1.74. The van der Waals surface area contributed by atoms with Gasteiger partial charge in [-0.05, 0) is 0 Å². The van der Waals surface area contributed by atoms with Gasteiger partial charge in [0, 0.05) is 18.2 Å². The molecule has 0 bridgehead atoms. The summed E-state index contributed by atoms with van der Waals surface area (Å²) in [6.45, 7) is 0. The van der Waals surface area contributed by atoms with Gasteiger partial charge in [-0.2, -0.15) is 0 Å². The van der Waals surface area contributed by atoms with E-state index < -0.39 is 6.10 Å². The maximum atomic E-state index is 11.5. The first-order valence-corrected chi connectivity index (χ1v) is 3.96. The zero-order valence-corrected chi connectivity index (χ0v) is 7.11. The van der Waals surface area contributed by atoms with Crippen LogP contribution in [0.25, 0.3) is 0 Å². The van der Waals surface area contributed by atoms with E-state index in [0.717, 1.165) is 0 Å². The average Bonchev–Trinajstić information content (AvgIpc) is 2.41. The molecule has 0 saturated carbocycles. The fourth-order valence-corrected chi connectivity index (χ4v) is 1.53. The van der Waals surface area contributed by atoms with Gasteiger partial charge in [0.2, 0.25) is 0 Å². The van der Waals surface area contributed by atoms with Crippen LogP contribution in [0.5, 0.6) is 0 Å². The van der Waals surface area contributed by atoms with E-state index in [1.165, 1.54) is 7.11 Å². The van der Waals surface area contributed by atoms with Crippen LogP contribution in [0.3, 0.4) is 0 Å². The lowest BCUT2D eigenvalue weighted by Crippen LogP contribution is -2.23. The SMILES string of the molecule is COC1C(=O)c2ccccc2C1=O. The van der Waals surface area contributed by atoms with Gasteiger partial charge in [0.05, 0.1) is 0 Å². The van der Waals surface area contributed by atoms with Crippen molar-refractivity contribution in [3.05, 3.63) is 35.4 Å². The molecule has 1 aliphatic carbocycles. The number of fused-ring (bicyclic) bond motifs is 1. The fraction of sp³-hybridized carbons (Fsp3) is 0.200. The molecule has 3 heteroatoms. The second-order valence-electron chi connectivity index (χ2n) is 2.89. The predicted octanol–water partition coefficient (Wildman–Crippen LogP) is 1.08. The lowest BCUT2D eigenvalue weighted by atomic mass is 10.1. The van der Waals surface area contributed by atoms with Gasteiger partial charge >= 0.3 is 0 Å². The third kappa shape index (κ3) is 1.01. The number of hydrogen-bond donors (Lipinski definition) is 0. The van der Waals surface area contributed by atoms with Crippen molar-refractivity contribution in [2.24, 2.45) is 0 Å². The summed E-state index contributed by atoms with van der Waals surface area (Å²) in [5.74, 6) is -0.466. The van der Waals surface area contributed by atoms with Crippen LogP contribution in [-0.4, -0.2) is 24.8 Å². The summed E-state index contributed by atoms with van der Waals surface area (Å²) in [5, 5.41) is 0. The molecule has 0 amide bonds. The quantitative estimate of drug-likeness (QED) is 0.601. The van der Waals surface area contributed by atoms with E-state index in [9.17, 15) is 9.59 Å². The monoisotopic (exact) mass is 176 g/mol. The molecule has 3 nitrogen and oxygen atoms in total. The third-order valence-corrected chi connectivity index (χ3v) is 2.17. The first kappa shape index (κ1) is 8.13. The molecule has 0 atom stereocenters. The zero-order valence-electron chi connectivity index (χ0n) is 7.11. The van der Waals surface area contributed by atoms with Crippen molar-refractivity contribution in [2.75, 3.05) is 7.11 Å². The van der Waals surface area contributed by atoms with Crippen LogP contribution in [0.15, 0.2) is 24.3 Å². The third-order valence-electron chi connectivity index (χ3n) is 2.17. The molecule has 0 heterocycles. The first-order chi connectivity index (χ1) is 6.25. The molecule has 0 saturated heterocycles. The average molecular weight is 176 g/mol. The van der Waals surface area contributed by atoms with Gasteiger partial charge in [-0.25, -0.2) is 0 Å². The van der Waals surface area contributed by atoms with E-state index in [-0.39, 0.29) is 11.6 Å². The summed E-state index contributed by atoms with van der Waals surface area (Å²) < 4.78 is 4.82. The van der Waals surface area contributed by atoms with E-state index in [1.54, 1.807) is 24.3 Å². The summed E-state index contributed by atoms with van der Waals surface area (Å²) in [6.07, 6.45) is -0.919. The minimum absolute atomic E-state index is 0.233. The highest BCUT2D eigenvalue weighted by molar-refractivity contribution is 6.28. The second kappa shape index (κ2) is 2.78. The number of ether oxygens (including phenoxy) is 1. The van der Waals surface area contributed by atoms with Gasteiger partial charge in [0.1, 0.15) is 0 Å². The Morgan fingerprint density at radius 1 is 1.08 bits per heavy atom. The molecule has 0 fully saturated rings.